The zero-order valence-electron chi connectivity index (χ0n) is 24.6. The van der Waals surface area contributed by atoms with Gasteiger partial charge in [-0.1, -0.05) is 81.4 Å². The number of ketones is 1. The first-order valence-electron chi connectivity index (χ1n) is 13.9. The first kappa shape index (κ1) is 32.5. The van der Waals surface area contributed by atoms with Crippen LogP contribution in [0.15, 0.2) is 60.7 Å². The van der Waals surface area contributed by atoms with Crippen molar-refractivity contribution in [3.05, 3.63) is 71.8 Å². The Morgan fingerprint density at radius 3 is 2.02 bits per heavy atom. The third kappa shape index (κ3) is 11.6. The molecule has 0 aromatic heterocycles. The van der Waals surface area contributed by atoms with E-state index in [-0.39, 0.29) is 50.0 Å². The molecule has 2 aromatic rings. The highest BCUT2D eigenvalue weighted by Crippen LogP contribution is 2.20. The maximum Gasteiger partial charge on any atom is 0.410 e. The topological polar surface area (TPSA) is 113 Å². The van der Waals surface area contributed by atoms with Crippen molar-refractivity contribution in [3.63, 3.8) is 0 Å². The molecule has 2 amide bonds. The number of ether oxygens (including phenoxy) is 1. The van der Waals surface area contributed by atoms with E-state index in [2.05, 4.69) is 5.32 Å². The molecular formula is C32H44N2O6. The lowest BCUT2D eigenvalue weighted by molar-refractivity contribution is -0.143. The molecule has 2 rings (SSSR count). The molecule has 2 N–H and O–H groups in total. The van der Waals surface area contributed by atoms with Crippen LogP contribution in [0, 0.1) is 11.8 Å². The fourth-order valence-corrected chi connectivity index (χ4v) is 4.44. The number of nitrogens with zero attached hydrogens (tertiary/aromatic N) is 1. The van der Waals surface area contributed by atoms with Gasteiger partial charge in [0.05, 0.1) is 6.54 Å². The van der Waals surface area contributed by atoms with E-state index in [0.717, 1.165) is 11.1 Å². The van der Waals surface area contributed by atoms with Crippen molar-refractivity contribution in [2.45, 2.75) is 78.4 Å². The van der Waals surface area contributed by atoms with Gasteiger partial charge in [-0.3, -0.25) is 9.59 Å². The van der Waals surface area contributed by atoms with Crippen molar-refractivity contribution in [1.82, 2.24) is 10.2 Å². The number of carbonyl (C=O) groups excluding carboxylic acids is 3. The van der Waals surface area contributed by atoms with E-state index in [4.69, 9.17) is 4.74 Å². The maximum atomic E-state index is 13.4. The minimum atomic E-state index is -1.11. The average molecular weight is 553 g/mol. The fraction of sp³-hybridized carbons (Fsp3) is 0.500. The van der Waals surface area contributed by atoms with Crippen molar-refractivity contribution < 1.29 is 29.0 Å². The molecule has 0 saturated carbocycles. The van der Waals surface area contributed by atoms with Gasteiger partial charge in [-0.2, -0.15) is 0 Å². The monoisotopic (exact) mass is 552 g/mol. The van der Waals surface area contributed by atoms with Gasteiger partial charge in [0.2, 0.25) is 5.91 Å². The molecule has 0 spiro atoms. The van der Waals surface area contributed by atoms with Crippen LogP contribution in [0.5, 0.6) is 0 Å². The number of carboxylic acid groups (broad SMARTS) is 1. The molecule has 0 aliphatic rings. The number of carbonyl (C=O) groups is 4. The number of rotatable bonds is 14. The second kappa shape index (κ2) is 15.2. The lowest BCUT2D eigenvalue weighted by Gasteiger charge is -2.29. The third-order valence-electron chi connectivity index (χ3n) is 6.37. The number of hydrogen-bond donors (Lipinski definition) is 2. The predicted octanol–water partition coefficient (Wildman–Crippen LogP) is 5.46. The number of hydrogen-bond acceptors (Lipinski definition) is 5. The molecule has 218 valence electrons. The minimum Gasteiger partial charge on any atom is -0.480 e. The maximum absolute atomic E-state index is 13.4. The van der Waals surface area contributed by atoms with Gasteiger partial charge in [0.15, 0.2) is 5.78 Å². The molecule has 0 fully saturated rings. The van der Waals surface area contributed by atoms with Gasteiger partial charge in [-0.05, 0) is 56.6 Å². The lowest BCUT2D eigenvalue weighted by Crippen LogP contribution is -2.46. The van der Waals surface area contributed by atoms with Crippen molar-refractivity contribution in [2.24, 2.45) is 11.8 Å². The minimum absolute atomic E-state index is 0.0581. The largest absolute Gasteiger partial charge is 0.480 e. The van der Waals surface area contributed by atoms with E-state index in [1.807, 2.05) is 81.4 Å². The summed E-state index contributed by atoms with van der Waals surface area (Å²) in [5, 5.41) is 12.3. The molecule has 40 heavy (non-hydrogen) atoms. The molecule has 0 aliphatic heterocycles. The Balaban J connectivity index is 2.24. The highest BCUT2D eigenvalue weighted by Gasteiger charge is 2.30. The first-order valence-corrected chi connectivity index (χ1v) is 13.9. The van der Waals surface area contributed by atoms with Gasteiger partial charge >= 0.3 is 12.1 Å². The van der Waals surface area contributed by atoms with E-state index in [0.29, 0.717) is 0 Å². The molecule has 8 nitrogen and oxygen atoms in total. The molecule has 0 unspecified atom stereocenters. The Morgan fingerprint density at radius 2 is 1.50 bits per heavy atom. The second-order valence-corrected chi connectivity index (χ2v) is 11.8. The smallest absolute Gasteiger partial charge is 0.410 e. The quantitative estimate of drug-likeness (QED) is 0.322. The predicted molar refractivity (Wildman–Crippen MR) is 155 cm³/mol. The molecular weight excluding hydrogens is 508 g/mol. The SMILES string of the molecule is CC(C)C[C@@H](NC(=O)[C@H](CC(=O)CN(C[C@@H](C)c1ccccc1)C(=O)OC(C)(C)C)Cc1ccccc1)C(=O)O. The molecule has 0 saturated heterocycles. The Labute approximate surface area is 238 Å². The Kier molecular flexibility index (Phi) is 12.4. The van der Waals surface area contributed by atoms with Crippen LogP contribution in [-0.2, 0) is 25.5 Å². The van der Waals surface area contributed by atoms with Crippen molar-refractivity contribution in [1.29, 1.82) is 0 Å². The zero-order chi connectivity index (χ0) is 29.9. The summed E-state index contributed by atoms with van der Waals surface area (Å²) in [6.45, 7) is 11.1. The van der Waals surface area contributed by atoms with E-state index in [1.54, 1.807) is 20.8 Å². The zero-order valence-corrected chi connectivity index (χ0v) is 24.6. The van der Waals surface area contributed by atoms with Gasteiger partial charge in [0.1, 0.15) is 11.6 Å². The number of amides is 2. The molecule has 0 radical (unpaired) electrons. The van der Waals surface area contributed by atoms with Crippen LogP contribution in [0.2, 0.25) is 0 Å². The summed E-state index contributed by atoms with van der Waals surface area (Å²) in [7, 11) is 0. The highest BCUT2D eigenvalue weighted by atomic mass is 16.6. The third-order valence-corrected chi connectivity index (χ3v) is 6.37. The molecule has 2 aromatic carbocycles. The van der Waals surface area contributed by atoms with Crippen LogP contribution in [0.25, 0.3) is 0 Å². The van der Waals surface area contributed by atoms with E-state index < -0.39 is 35.5 Å². The fourth-order valence-electron chi connectivity index (χ4n) is 4.44. The molecule has 3 atom stereocenters. The average Bonchev–Trinajstić information content (AvgIpc) is 2.87. The van der Waals surface area contributed by atoms with Crippen LogP contribution < -0.4 is 5.32 Å². The standard InChI is InChI=1S/C32H44N2O6/c1-22(2)17-28(30(37)38)33-29(36)26(18-24-13-9-7-10-14-24)19-27(35)21-34(31(39)40-32(4,5)6)20-23(3)25-15-11-8-12-16-25/h7-16,22-23,26,28H,17-21H2,1-6H3,(H,33,36)(H,37,38)/t23-,26+,28-/m1/s1. The Morgan fingerprint density at radius 1 is 0.925 bits per heavy atom. The lowest BCUT2D eigenvalue weighted by atomic mass is 9.92. The van der Waals surface area contributed by atoms with Gasteiger partial charge in [0, 0.05) is 18.9 Å². The van der Waals surface area contributed by atoms with Crippen LogP contribution in [-0.4, -0.2) is 58.5 Å². The summed E-state index contributed by atoms with van der Waals surface area (Å²) in [5.41, 5.74) is 1.13. The summed E-state index contributed by atoms with van der Waals surface area (Å²) in [6, 6.07) is 17.9. The summed E-state index contributed by atoms with van der Waals surface area (Å²) in [4.78, 5) is 53.0. The summed E-state index contributed by atoms with van der Waals surface area (Å²) in [6.07, 6.45) is -0.209. The Bertz CT molecular complexity index is 1110. The van der Waals surface area contributed by atoms with Gasteiger partial charge in [-0.15, -0.1) is 0 Å². The number of nitrogens with one attached hydrogen (secondary N) is 1. The van der Waals surface area contributed by atoms with Crippen molar-refractivity contribution in [3.8, 4) is 0 Å². The van der Waals surface area contributed by atoms with E-state index in [1.165, 1.54) is 4.90 Å². The number of benzene rings is 2. The molecule has 0 aliphatic carbocycles. The summed E-state index contributed by atoms with van der Waals surface area (Å²) in [5.74, 6) is -2.71. The van der Waals surface area contributed by atoms with Gasteiger partial charge in [-0.25, -0.2) is 9.59 Å². The molecule has 0 heterocycles. The van der Waals surface area contributed by atoms with Crippen LogP contribution >= 0.6 is 0 Å². The van der Waals surface area contributed by atoms with E-state index in [9.17, 15) is 24.3 Å². The second-order valence-electron chi connectivity index (χ2n) is 11.8. The highest BCUT2D eigenvalue weighted by molar-refractivity contribution is 5.91. The number of Topliss-reactive ketones (excluding diaryl/α,β-unsaturated/α-hetero) is 1. The first-order chi connectivity index (χ1) is 18.7. The number of carboxylic acids is 1. The summed E-state index contributed by atoms with van der Waals surface area (Å²) < 4.78 is 5.59. The van der Waals surface area contributed by atoms with Crippen LogP contribution in [0.3, 0.4) is 0 Å². The van der Waals surface area contributed by atoms with Gasteiger partial charge < -0.3 is 20.1 Å². The van der Waals surface area contributed by atoms with Crippen LogP contribution in [0.1, 0.15) is 71.4 Å². The number of aliphatic carboxylic acids is 1. The Hall–Kier alpha value is -3.68. The normalized spacial score (nSPS) is 13.7. The van der Waals surface area contributed by atoms with Crippen molar-refractivity contribution in [2.75, 3.05) is 13.1 Å². The molecule has 0 bridgehead atoms. The van der Waals surface area contributed by atoms with E-state index >= 15 is 0 Å². The van der Waals surface area contributed by atoms with Crippen molar-refractivity contribution >= 4 is 23.8 Å². The van der Waals surface area contributed by atoms with Gasteiger partial charge in [0.25, 0.3) is 0 Å². The molecule has 8 heteroatoms. The van der Waals surface area contributed by atoms with Crippen LogP contribution in [0.4, 0.5) is 4.79 Å². The summed E-state index contributed by atoms with van der Waals surface area (Å²) >= 11 is 0.